The number of fused-ring (bicyclic) bond motifs is 6. The minimum Gasteiger partial charge on any atom is -0.500 e. The molecule has 4 aliphatic carbocycles. The van der Waals surface area contributed by atoms with Crippen molar-refractivity contribution in [1.82, 2.24) is 0 Å². The molecule has 0 amide bonds. The van der Waals surface area contributed by atoms with Crippen molar-refractivity contribution in [2.75, 3.05) is 21.3 Å². The fourth-order valence-corrected chi connectivity index (χ4v) is 5.78. The smallest absolute Gasteiger partial charge is 0.123 e. The number of ether oxygens (including phenoxy) is 3. The van der Waals surface area contributed by atoms with Crippen LogP contribution in [0.25, 0.3) is 35.1 Å². The van der Waals surface area contributed by atoms with Crippen molar-refractivity contribution in [1.29, 1.82) is 0 Å². The van der Waals surface area contributed by atoms with Gasteiger partial charge in [0, 0.05) is 22.8 Å². The van der Waals surface area contributed by atoms with Crippen LogP contribution < -0.4 is 20.9 Å². The molecule has 0 saturated heterocycles. The molecule has 0 aliphatic heterocycles. The molecule has 0 fully saturated rings. The topological polar surface area (TPSA) is 27.7 Å². The van der Waals surface area contributed by atoms with E-state index in [1.54, 1.807) is 21.3 Å². The van der Waals surface area contributed by atoms with E-state index in [0.29, 0.717) is 0 Å². The van der Waals surface area contributed by atoms with E-state index in [-0.39, 0.29) is 0 Å². The van der Waals surface area contributed by atoms with Crippen LogP contribution in [0.3, 0.4) is 0 Å². The van der Waals surface area contributed by atoms with Crippen LogP contribution in [0.4, 0.5) is 0 Å². The maximum absolute atomic E-state index is 5.97. The molecule has 34 heavy (non-hydrogen) atoms. The van der Waals surface area contributed by atoms with Crippen LogP contribution in [0.15, 0.2) is 60.1 Å². The number of benzene rings is 2. The van der Waals surface area contributed by atoms with E-state index in [2.05, 4.69) is 66.8 Å². The summed E-state index contributed by atoms with van der Waals surface area (Å²) in [5.74, 6) is 2.82. The maximum Gasteiger partial charge on any atom is 0.123 e. The molecule has 6 rings (SSSR count). The third kappa shape index (κ3) is 3.03. The first-order valence-corrected chi connectivity index (χ1v) is 11.9. The van der Waals surface area contributed by atoms with Gasteiger partial charge in [-0.25, -0.2) is 0 Å². The summed E-state index contributed by atoms with van der Waals surface area (Å²) in [5.41, 5.74) is 7.42. The fraction of sp³-hybridized carbons (Fsp3) is 0.226. The highest BCUT2D eigenvalue weighted by Gasteiger charge is 2.27. The molecular formula is C31H28O3. The highest BCUT2D eigenvalue weighted by molar-refractivity contribution is 6.04. The lowest BCUT2D eigenvalue weighted by Crippen LogP contribution is -2.31. The Bertz CT molecular complexity index is 1590. The second kappa shape index (κ2) is 8.25. The molecule has 0 saturated carbocycles. The molecule has 2 aromatic carbocycles. The molecule has 2 aromatic rings. The van der Waals surface area contributed by atoms with Gasteiger partial charge in [0.25, 0.3) is 0 Å². The SMILES string of the molecule is COC1=CCc2c3c(ccc2=C1C1=c2ccc4c(c2CC=C1OC)C=CCC=4OC)=CCC=C3. The fourth-order valence-electron chi connectivity index (χ4n) is 5.78. The molecule has 0 bridgehead atoms. The lowest BCUT2D eigenvalue weighted by Gasteiger charge is -2.26. The number of allylic oxidation sites excluding steroid dienone is 5. The molecule has 0 unspecified atom stereocenters. The van der Waals surface area contributed by atoms with E-state index in [1.165, 1.54) is 43.1 Å². The van der Waals surface area contributed by atoms with Crippen molar-refractivity contribution in [2.45, 2.75) is 25.7 Å². The second-order valence-electron chi connectivity index (χ2n) is 8.93. The minimum absolute atomic E-state index is 0.820. The third-order valence-electron chi connectivity index (χ3n) is 7.35. The normalized spacial score (nSPS) is 17.6. The highest BCUT2D eigenvalue weighted by atomic mass is 16.5. The van der Waals surface area contributed by atoms with Gasteiger partial charge in [-0.1, -0.05) is 54.6 Å². The van der Waals surface area contributed by atoms with E-state index in [9.17, 15) is 0 Å². The van der Waals surface area contributed by atoms with Crippen LogP contribution in [-0.2, 0) is 27.1 Å². The van der Waals surface area contributed by atoms with Crippen molar-refractivity contribution in [3.63, 3.8) is 0 Å². The molecule has 170 valence electrons. The lowest BCUT2D eigenvalue weighted by molar-refractivity contribution is 0.301. The zero-order valence-electron chi connectivity index (χ0n) is 19.9. The highest BCUT2D eigenvalue weighted by Crippen LogP contribution is 2.33. The maximum atomic E-state index is 5.97. The molecular weight excluding hydrogens is 420 g/mol. The van der Waals surface area contributed by atoms with Crippen molar-refractivity contribution in [3.8, 4) is 0 Å². The summed E-state index contributed by atoms with van der Waals surface area (Å²) in [6.07, 6.45) is 19.1. The minimum atomic E-state index is 0.820. The average Bonchev–Trinajstić information content (AvgIpc) is 2.90. The Morgan fingerprint density at radius 3 is 1.88 bits per heavy atom. The Morgan fingerprint density at radius 2 is 1.21 bits per heavy atom. The van der Waals surface area contributed by atoms with Crippen molar-refractivity contribution in [2.24, 2.45) is 0 Å². The zero-order valence-corrected chi connectivity index (χ0v) is 19.9. The quantitative estimate of drug-likeness (QED) is 0.719. The number of hydrogen-bond acceptors (Lipinski definition) is 3. The van der Waals surface area contributed by atoms with Crippen LogP contribution in [0, 0.1) is 0 Å². The largest absolute Gasteiger partial charge is 0.500 e. The zero-order chi connectivity index (χ0) is 23.2. The molecule has 0 spiro atoms. The Kier molecular flexibility index (Phi) is 5.06. The van der Waals surface area contributed by atoms with E-state index in [1.807, 2.05) is 0 Å². The molecule has 4 aliphatic rings. The van der Waals surface area contributed by atoms with Gasteiger partial charge in [-0.2, -0.15) is 0 Å². The molecule has 0 heterocycles. The number of hydrogen-bond donors (Lipinski definition) is 0. The Hall–Kier alpha value is -3.72. The van der Waals surface area contributed by atoms with Crippen LogP contribution >= 0.6 is 0 Å². The van der Waals surface area contributed by atoms with Gasteiger partial charge in [-0.15, -0.1) is 0 Å². The van der Waals surface area contributed by atoms with Gasteiger partial charge >= 0.3 is 0 Å². The van der Waals surface area contributed by atoms with Crippen LogP contribution in [0.1, 0.15) is 35.1 Å². The van der Waals surface area contributed by atoms with Crippen LogP contribution in [0.5, 0.6) is 0 Å². The molecule has 0 radical (unpaired) electrons. The van der Waals surface area contributed by atoms with Gasteiger partial charge in [0.05, 0.1) is 21.3 Å². The van der Waals surface area contributed by atoms with Crippen molar-refractivity contribution in [3.05, 3.63) is 103 Å². The van der Waals surface area contributed by atoms with E-state index < -0.39 is 0 Å². The molecule has 0 aromatic heterocycles. The molecule has 3 heteroatoms. The third-order valence-corrected chi connectivity index (χ3v) is 7.35. The number of rotatable bonds is 4. The Balaban J connectivity index is 1.77. The van der Waals surface area contributed by atoms with Crippen LogP contribution in [0.2, 0.25) is 0 Å². The first-order chi connectivity index (χ1) is 16.7. The summed E-state index contributed by atoms with van der Waals surface area (Å²) in [6, 6.07) is 8.93. The predicted octanol–water partition coefficient (Wildman–Crippen LogP) is 3.23. The van der Waals surface area contributed by atoms with E-state index in [4.69, 9.17) is 14.2 Å². The summed E-state index contributed by atoms with van der Waals surface area (Å²) in [4.78, 5) is 0. The standard InChI is InChI=1S/C31H28O3/c1-32-27-10-6-9-21-23-16-18-29(34-3)31(26(23)14-13-24(21)27)30-25-12-11-19-7-4-5-8-20(19)22(25)15-17-28(30)33-2/h5-9,11-14,17-18H,4,10,15-16H2,1-3H3. The first kappa shape index (κ1) is 20.9. The number of methoxy groups -OCH3 is 3. The van der Waals surface area contributed by atoms with Gasteiger partial charge in [0.15, 0.2) is 0 Å². The molecule has 3 nitrogen and oxygen atoms in total. The Morgan fingerprint density at radius 1 is 0.588 bits per heavy atom. The molecule has 0 N–H and O–H groups in total. The second-order valence-corrected chi connectivity index (χ2v) is 8.93. The van der Waals surface area contributed by atoms with Gasteiger partial charge in [-0.3, -0.25) is 0 Å². The van der Waals surface area contributed by atoms with Gasteiger partial charge in [0.2, 0.25) is 0 Å². The Labute approximate surface area is 199 Å². The first-order valence-electron chi connectivity index (χ1n) is 11.9. The van der Waals surface area contributed by atoms with Crippen molar-refractivity contribution >= 4 is 35.1 Å². The summed E-state index contributed by atoms with van der Waals surface area (Å²) < 4.78 is 17.6. The van der Waals surface area contributed by atoms with Gasteiger partial charge in [-0.05, 0) is 69.3 Å². The summed E-state index contributed by atoms with van der Waals surface area (Å²) in [7, 11) is 5.28. The monoisotopic (exact) mass is 448 g/mol. The summed E-state index contributed by atoms with van der Waals surface area (Å²) in [6.45, 7) is 0. The van der Waals surface area contributed by atoms with Gasteiger partial charge in [0.1, 0.15) is 17.3 Å². The lowest BCUT2D eigenvalue weighted by atomic mass is 9.82. The average molecular weight is 449 g/mol. The molecule has 0 atom stereocenters. The van der Waals surface area contributed by atoms with Gasteiger partial charge < -0.3 is 14.2 Å². The van der Waals surface area contributed by atoms with Crippen LogP contribution in [-0.4, -0.2) is 21.3 Å². The predicted molar refractivity (Wildman–Crippen MR) is 138 cm³/mol. The summed E-state index contributed by atoms with van der Waals surface area (Å²) in [5, 5.41) is 4.92. The summed E-state index contributed by atoms with van der Waals surface area (Å²) >= 11 is 0. The van der Waals surface area contributed by atoms with E-state index in [0.717, 1.165) is 54.1 Å². The van der Waals surface area contributed by atoms with Crippen molar-refractivity contribution < 1.29 is 14.2 Å². The van der Waals surface area contributed by atoms with E-state index >= 15 is 0 Å².